The molecule has 98 valence electrons. The van der Waals surface area contributed by atoms with E-state index in [1.807, 2.05) is 0 Å². The van der Waals surface area contributed by atoms with Crippen molar-refractivity contribution < 1.29 is 13.6 Å². The van der Waals surface area contributed by atoms with E-state index < -0.39 is 5.82 Å². The minimum absolute atomic E-state index is 0.310. The molecule has 1 N–H and O–H groups in total. The summed E-state index contributed by atoms with van der Waals surface area (Å²) in [5, 5.41) is 2.66. The second-order valence-electron chi connectivity index (χ2n) is 4.04. The van der Waals surface area contributed by atoms with Crippen LogP contribution in [0.15, 0.2) is 40.9 Å². The van der Waals surface area contributed by atoms with Gasteiger partial charge in [0.2, 0.25) is 0 Å². The van der Waals surface area contributed by atoms with Gasteiger partial charge >= 0.3 is 0 Å². The molecule has 0 saturated carbocycles. The van der Waals surface area contributed by atoms with Crippen molar-refractivity contribution in [3.63, 3.8) is 0 Å². The van der Waals surface area contributed by atoms with Gasteiger partial charge in [0, 0.05) is 10.2 Å². The van der Waals surface area contributed by atoms with E-state index in [-0.39, 0.29) is 11.7 Å². The minimum atomic E-state index is -0.429. The second kappa shape index (κ2) is 5.48. The zero-order chi connectivity index (χ0) is 14.0. The molecule has 2 aromatic carbocycles. The third-order valence-corrected chi connectivity index (χ3v) is 3.27. The van der Waals surface area contributed by atoms with E-state index in [1.165, 1.54) is 36.4 Å². The molecule has 5 heteroatoms. The smallest absolute Gasteiger partial charge is 0.256 e. The number of rotatable bonds is 2. The average molecular weight is 326 g/mol. The third kappa shape index (κ3) is 3.17. The Morgan fingerprint density at radius 3 is 2.37 bits per heavy atom. The average Bonchev–Trinajstić information content (AvgIpc) is 2.32. The van der Waals surface area contributed by atoms with Gasteiger partial charge in [0.25, 0.3) is 5.91 Å². The summed E-state index contributed by atoms with van der Waals surface area (Å²) in [5.74, 6) is -1.18. The molecule has 0 saturated heterocycles. The topological polar surface area (TPSA) is 29.1 Å². The van der Waals surface area contributed by atoms with Gasteiger partial charge in [0.1, 0.15) is 11.6 Å². The lowest BCUT2D eigenvalue weighted by Crippen LogP contribution is -2.13. The monoisotopic (exact) mass is 325 g/mol. The zero-order valence-electron chi connectivity index (χ0n) is 10.0. The maximum absolute atomic E-state index is 13.0. The summed E-state index contributed by atoms with van der Waals surface area (Å²) >= 11 is 3.13. The molecule has 19 heavy (non-hydrogen) atoms. The van der Waals surface area contributed by atoms with Crippen molar-refractivity contribution in [3.8, 4) is 0 Å². The van der Waals surface area contributed by atoms with Crippen LogP contribution in [0.1, 0.15) is 15.9 Å². The Morgan fingerprint density at radius 1 is 1.11 bits per heavy atom. The van der Waals surface area contributed by atoms with Crippen LogP contribution in [-0.2, 0) is 0 Å². The second-order valence-corrected chi connectivity index (χ2v) is 4.89. The Morgan fingerprint density at radius 2 is 1.74 bits per heavy atom. The van der Waals surface area contributed by atoms with Crippen LogP contribution >= 0.6 is 15.9 Å². The lowest BCUT2D eigenvalue weighted by atomic mass is 10.1. The van der Waals surface area contributed by atoms with E-state index in [0.717, 1.165) is 0 Å². The molecule has 0 aromatic heterocycles. The van der Waals surface area contributed by atoms with Crippen LogP contribution in [0.5, 0.6) is 0 Å². The molecular weight excluding hydrogens is 316 g/mol. The van der Waals surface area contributed by atoms with Gasteiger partial charge in [-0.3, -0.25) is 4.79 Å². The van der Waals surface area contributed by atoms with Crippen molar-refractivity contribution in [2.45, 2.75) is 6.92 Å². The number of halogens is 3. The Balaban J connectivity index is 2.25. The summed E-state index contributed by atoms with van der Waals surface area (Å²) in [5.41, 5.74) is 1.44. The molecular formula is C14H10BrF2NO. The lowest BCUT2D eigenvalue weighted by molar-refractivity contribution is 0.102. The Kier molecular flexibility index (Phi) is 3.95. The van der Waals surface area contributed by atoms with Crippen molar-refractivity contribution in [2.75, 3.05) is 5.32 Å². The van der Waals surface area contributed by atoms with E-state index in [0.29, 0.717) is 21.3 Å². The molecule has 0 aliphatic heterocycles. The molecule has 0 spiro atoms. The van der Waals surface area contributed by atoms with Gasteiger partial charge in [-0.2, -0.15) is 0 Å². The van der Waals surface area contributed by atoms with E-state index in [9.17, 15) is 13.6 Å². The number of aryl methyl sites for hydroxylation is 1. The molecule has 0 fully saturated rings. The van der Waals surface area contributed by atoms with Gasteiger partial charge in [0.15, 0.2) is 0 Å². The summed E-state index contributed by atoms with van der Waals surface area (Å²) in [6, 6.07) is 7.88. The first kappa shape index (κ1) is 13.7. The standard InChI is InChI=1S/C14H10BrF2NO/c1-8-6-9(16)3-5-13(8)18-14(19)11-4-2-10(17)7-12(11)15/h2-7H,1H3,(H,18,19). The van der Waals surface area contributed by atoms with Crippen molar-refractivity contribution in [1.29, 1.82) is 0 Å². The molecule has 1 amide bonds. The maximum atomic E-state index is 13.0. The predicted octanol–water partition coefficient (Wildman–Crippen LogP) is 4.29. The largest absolute Gasteiger partial charge is 0.322 e. The Hall–Kier alpha value is -1.75. The lowest BCUT2D eigenvalue weighted by Gasteiger charge is -2.09. The predicted molar refractivity (Wildman–Crippen MR) is 73.2 cm³/mol. The first-order chi connectivity index (χ1) is 8.97. The van der Waals surface area contributed by atoms with Crippen LogP contribution in [0.25, 0.3) is 0 Å². The van der Waals surface area contributed by atoms with E-state index in [4.69, 9.17) is 0 Å². The highest BCUT2D eigenvalue weighted by molar-refractivity contribution is 9.10. The number of amides is 1. The minimum Gasteiger partial charge on any atom is -0.322 e. The summed E-state index contributed by atoms with van der Waals surface area (Å²) in [7, 11) is 0. The van der Waals surface area contributed by atoms with Gasteiger partial charge < -0.3 is 5.32 Å². The molecule has 0 heterocycles. The van der Waals surface area contributed by atoms with Crippen molar-refractivity contribution >= 4 is 27.5 Å². The van der Waals surface area contributed by atoms with Crippen LogP contribution in [0.3, 0.4) is 0 Å². The Labute approximate surface area is 117 Å². The van der Waals surface area contributed by atoms with Crippen LogP contribution in [-0.4, -0.2) is 5.91 Å². The first-order valence-electron chi connectivity index (χ1n) is 5.50. The molecule has 0 atom stereocenters. The highest BCUT2D eigenvalue weighted by Gasteiger charge is 2.12. The molecule has 0 unspecified atom stereocenters. The number of hydrogen-bond donors (Lipinski definition) is 1. The Bertz CT molecular complexity index is 643. The maximum Gasteiger partial charge on any atom is 0.256 e. The molecule has 0 bridgehead atoms. The highest BCUT2D eigenvalue weighted by Crippen LogP contribution is 2.21. The molecule has 0 aliphatic rings. The fourth-order valence-corrected chi connectivity index (χ4v) is 2.16. The van der Waals surface area contributed by atoms with Gasteiger partial charge in [-0.15, -0.1) is 0 Å². The molecule has 0 aliphatic carbocycles. The highest BCUT2D eigenvalue weighted by atomic mass is 79.9. The molecule has 0 radical (unpaired) electrons. The zero-order valence-corrected chi connectivity index (χ0v) is 11.6. The van der Waals surface area contributed by atoms with Gasteiger partial charge in [-0.1, -0.05) is 0 Å². The summed E-state index contributed by atoms with van der Waals surface area (Å²) in [4.78, 5) is 12.0. The van der Waals surface area contributed by atoms with E-state index in [1.54, 1.807) is 6.92 Å². The summed E-state index contributed by atoms with van der Waals surface area (Å²) < 4.78 is 26.3. The third-order valence-electron chi connectivity index (χ3n) is 2.61. The number of benzene rings is 2. The summed E-state index contributed by atoms with van der Waals surface area (Å²) in [6.07, 6.45) is 0. The quantitative estimate of drug-likeness (QED) is 0.876. The SMILES string of the molecule is Cc1cc(F)ccc1NC(=O)c1ccc(F)cc1Br. The van der Waals surface area contributed by atoms with E-state index in [2.05, 4.69) is 21.2 Å². The van der Waals surface area contributed by atoms with Crippen molar-refractivity contribution in [1.82, 2.24) is 0 Å². The molecule has 2 aromatic rings. The molecule has 2 nitrogen and oxygen atoms in total. The van der Waals surface area contributed by atoms with Crippen molar-refractivity contribution in [2.24, 2.45) is 0 Å². The number of carbonyl (C=O) groups excluding carboxylic acids is 1. The van der Waals surface area contributed by atoms with Crippen LogP contribution < -0.4 is 5.32 Å². The fourth-order valence-electron chi connectivity index (χ4n) is 1.63. The number of anilines is 1. The van der Waals surface area contributed by atoms with Gasteiger partial charge in [0.05, 0.1) is 5.56 Å². The van der Waals surface area contributed by atoms with E-state index >= 15 is 0 Å². The first-order valence-corrected chi connectivity index (χ1v) is 6.29. The van der Waals surface area contributed by atoms with Crippen LogP contribution in [0, 0.1) is 18.6 Å². The number of nitrogens with one attached hydrogen (secondary N) is 1. The molecule has 2 rings (SSSR count). The van der Waals surface area contributed by atoms with Crippen LogP contribution in [0.2, 0.25) is 0 Å². The van der Waals surface area contributed by atoms with Gasteiger partial charge in [-0.05, 0) is 64.8 Å². The normalized spacial score (nSPS) is 10.3. The van der Waals surface area contributed by atoms with Crippen LogP contribution in [0.4, 0.5) is 14.5 Å². The fraction of sp³-hybridized carbons (Fsp3) is 0.0714. The number of carbonyl (C=O) groups is 1. The number of hydrogen-bond acceptors (Lipinski definition) is 1. The van der Waals surface area contributed by atoms with Gasteiger partial charge in [-0.25, -0.2) is 8.78 Å². The summed E-state index contributed by atoms with van der Waals surface area (Å²) in [6.45, 7) is 1.69. The van der Waals surface area contributed by atoms with Crippen molar-refractivity contribution in [3.05, 3.63) is 63.6 Å².